The first-order valence-corrected chi connectivity index (χ1v) is 7.33. The van der Waals surface area contributed by atoms with E-state index in [-0.39, 0.29) is 41.1 Å². The van der Waals surface area contributed by atoms with Gasteiger partial charge in [-0.3, -0.25) is 4.79 Å². The second kappa shape index (κ2) is 4.36. The number of carbonyl (C=O) groups excluding carboxylic acids is 1. The van der Waals surface area contributed by atoms with Gasteiger partial charge < -0.3 is 11.1 Å². The second-order valence-corrected chi connectivity index (χ2v) is 7.82. The molecule has 3 saturated carbocycles. The van der Waals surface area contributed by atoms with Crippen LogP contribution in [0.3, 0.4) is 0 Å². The Morgan fingerprint density at radius 1 is 1.11 bits per heavy atom. The first kappa shape index (κ1) is 15.1. The number of hydrogen-bond acceptors (Lipinski definition) is 2. The van der Waals surface area contributed by atoms with E-state index in [2.05, 4.69) is 33.0 Å². The Hall–Kier alpha value is -0.280. The maximum absolute atomic E-state index is 12.5. The minimum Gasteiger partial charge on any atom is -0.352 e. The van der Waals surface area contributed by atoms with E-state index in [1.165, 1.54) is 19.3 Å². The van der Waals surface area contributed by atoms with Crippen LogP contribution in [0.4, 0.5) is 0 Å². The number of amides is 1. The van der Waals surface area contributed by atoms with E-state index in [0.29, 0.717) is 17.9 Å². The Morgan fingerprint density at radius 2 is 1.63 bits per heavy atom. The van der Waals surface area contributed by atoms with Crippen molar-refractivity contribution in [2.45, 2.75) is 59.0 Å². The Bertz CT molecular complexity index is 378. The van der Waals surface area contributed by atoms with E-state index in [4.69, 9.17) is 5.73 Å². The highest BCUT2D eigenvalue weighted by atomic mass is 35.5. The molecular weight excluding hydrogens is 260 g/mol. The van der Waals surface area contributed by atoms with E-state index in [0.717, 1.165) is 0 Å². The van der Waals surface area contributed by atoms with Crippen molar-refractivity contribution in [3.05, 3.63) is 0 Å². The molecule has 0 radical (unpaired) electrons. The molecule has 19 heavy (non-hydrogen) atoms. The Kier molecular flexibility index (Phi) is 3.47. The molecule has 0 aliphatic heterocycles. The lowest BCUT2D eigenvalue weighted by Gasteiger charge is -2.27. The summed E-state index contributed by atoms with van der Waals surface area (Å²) in [6.07, 6.45) is 3.61. The molecule has 3 aliphatic rings. The van der Waals surface area contributed by atoms with Crippen LogP contribution < -0.4 is 11.1 Å². The first-order valence-electron chi connectivity index (χ1n) is 7.33. The smallest absolute Gasteiger partial charge is 0.225 e. The summed E-state index contributed by atoms with van der Waals surface area (Å²) in [5.41, 5.74) is 6.66. The van der Waals surface area contributed by atoms with Gasteiger partial charge in [-0.15, -0.1) is 12.4 Å². The van der Waals surface area contributed by atoms with Gasteiger partial charge in [-0.05, 0) is 41.9 Å². The molecule has 3 fully saturated rings. The van der Waals surface area contributed by atoms with Crippen molar-refractivity contribution < 1.29 is 4.79 Å². The molecule has 0 spiro atoms. The van der Waals surface area contributed by atoms with E-state index in [1.54, 1.807) is 0 Å². The Labute approximate surface area is 122 Å². The van der Waals surface area contributed by atoms with Gasteiger partial charge in [-0.25, -0.2) is 0 Å². The van der Waals surface area contributed by atoms with Crippen molar-refractivity contribution >= 4 is 18.3 Å². The standard InChI is InChI=1S/C15H26N2O.ClH/c1-14(2)13(15(14,3)4)17-12(18)10-8-5-6-9(7-8)11(10)16;/h8-11,13H,5-7,16H2,1-4H3,(H,17,18);1H. The lowest BCUT2D eigenvalue weighted by molar-refractivity contribution is -0.127. The fourth-order valence-electron chi connectivity index (χ4n) is 4.52. The van der Waals surface area contributed by atoms with Crippen molar-refractivity contribution in [1.82, 2.24) is 5.32 Å². The van der Waals surface area contributed by atoms with Gasteiger partial charge in [0.05, 0.1) is 5.92 Å². The van der Waals surface area contributed by atoms with Crippen LogP contribution in [0.5, 0.6) is 0 Å². The molecule has 0 heterocycles. The van der Waals surface area contributed by atoms with E-state index >= 15 is 0 Å². The Morgan fingerprint density at radius 3 is 2.05 bits per heavy atom. The van der Waals surface area contributed by atoms with Crippen LogP contribution in [0.2, 0.25) is 0 Å². The number of nitrogens with two attached hydrogens (primary N) is 1. The van der Waals surface area contributed by atoms with Crippen LogP contribution in [0.25, 0.3) is 0 Å². The number of carbonyl (C=O) groups is 1. The largest absolute Gasteiger partial charge is 0.352 e. The lowest BCUT2D eigenvalue weighted by Crippen LogP contribution is -2.46. The molecule has 1 amide bonds. The van der Waals surface area contributed by atoms with Gasteiger partial charge in [0.2, 0.25) is 5.91 Å². The van der Waals surface area contributed by atoms with Crippen LogP contribution >= 0.6 is 12.4 Å². The van der Waals surface area contributed by atoms with Gasteiger partial charge in [0.1, 0.15) is 0 Å². The fraction of sp³-hybridized carbons (Fsp3) is 0.933. The normalized spacial score (nSPS) is 41.7. The molecule has 2 bridgehead atoms. The minimum atomic E-state index is 0. The zero-order chi connectivity index (χ0) is 13.3. The maximum Gasteiger partial charge on any atom is 0.225 e. The first-order chi connectivity index (χ1) is 8.26. The topological polar surface area (TPSA) is 55.1 Å². The summed E-state index contributed by atoms with van der Waals surface area (Å²) < 4.78 is 0. The highest BCUT2D eigenvalue weighted by molar-refractivity contribution is 5.85. The lowest BCUT2D eigenvalue weighted by atomic mass is 9.84. The number of rotatable bonds is 2. The molecule has 4 heteroatoms. The van der Waals surface area contributed by atoms with E-state index in [1.807, 2.05) is 0 Å². The second-order valence-electron chi connectivity index (χ2n) is 7.82. The average Bonchev–Trinajstić information content (AvgIpc) is 2.74. The van der Waals surface area contributed by atoms with Crippen molar-refractivity contribution in [3.63, 3.8) is 0 Å². The molecule has 0 saturated heterocycles. The third-order valence-corrected chi connectivity index (χ3v) is 6.59. The van der Waals surface area contributed by atoms with Crippen molar-refractivity contribution in [1.29, 1.82) is 0 Å². The molecule has 3 nitrogen and oxygen atoms in total. The quantitative estimate of drug-likeness (QED) is 0.819. The van der Waals surface area contributed by atoms with Gasteiger partial charge >= 0.3 is 0 Å². The molecule has 0 aromatic rings. The highest BCUT2D eigenvalue weighted by Gasteiger charge is 2.66. The van der Waals surface area contributed by atoms with Crippen LogP contribution in [-0.2, 0) is 4.79 Å². The third kappa shape index (κ3) is 1.92. The summed E-state index contributed by atoms with van der Waals surface area (Å²) in [4.78, 5) is 12.5. The molecule has 3 rings (SSSR count). The third-order valence-electron chi connectivity index (χ3n) is 6.59. The van der Waals surface area contributed by atoms with Gasteiger partial charge in [0.25, 0.3) is 0 Å². The summed E-state index contributed by atoms with van der Waals surface area (Å²) in [7, 11) is 0. The molecule has 110 valence electrons. The van der Waals surface area contributed by atoms with Crippen molar-refractivity contribution in [2.75, 3.05) is 0 Å². The SMILES string of the molecule is CC1(C)C(NC(=O)C2C3CCC(C3)C2N)C1(C)C.Cl. The summed E-state index contributed by atoms with van der Waals surface area (Å²) in [5, 5.41) is 3.27. The average molecular weight is 287 g/mol. The van der Waals surface area contributed by atoms with E-state index in [9.17, 15) is 4.79 Å². The maximum atomic E-state index is 12.5. The van der Waals surface area contributed by atoms with Crippen molar-refractivity contribution in [3.8, 4) is 0 Å². The van der Waals surface area contributed by atoms with Gasteiger partial charge in [-0.2, -0.15) is 0 Å². The predicted molar refractivity (Wildman–Crippen MR) is 79.0 cm³/mol. The van der Waals surface area contributed by atoms with Crippen LogP contribution in [0.1, 0.15) is 47.0 Å². The van der Waals surface area contributed by atoms with E-state index < -0.39 is 0 Å². The zero-order valence-corrected chi connectivity index (χ0v) is 13.2. The summed E-state index contributed by atoms with van der Waals surface area (Å²) >= 11 is 0. The fourth-order valence-corrected chi connectivity index (χ4v) is 4.52. The van der Waals surface area contributed by atoms with Crippen LogP contribution in [0, 0.1) is 28.6 Å². The minimum absolute atomic E-state index is 0. The molecular formula is C15H27ClN2O. The number of hydrogen-bond donors (Lipinski definition) is 2. The molecule has 0 aromatic carbocycles. The van der Waals surface area contributed by atoms with Gasteiger partial charge in [0, 0.05) is 12.1 Å². The molecule has 4 atom stereocenters. The summed E-state index contributed by atoms with van der Waals surface area (Å²) in [6.45, 7) is 8.94. The van der Waals surface area contributed by atoms with Gasteiger partial charge in [-0.1, -0.05) is 27.7 Å². The van der Waals surface area contributed by atoms with Crippen molar-refractivity contribution in [2.24, 2.45) is 34.3 Å². The predicted octanol–water partition coefficient (Wildman–Crippen LogP) is 2.33. The van der Waals surface area contributed by atoms with Crippen LogP contribution in [-0.4, -0.2) is 18.0 Å². The highest BCUT2D eigenvalue weighted by Crippen LogP contribution is 2.62. The van der Waals surface area contributed by atoms with Crippen LogP contribution in [0.15, 0.2) is 0 Å². The zero-order valence-electron chi connectivity index (χ0n) is 12.4. The molecule has 4 unspecified atom stereocenters. The number of fused-ring (bicyclic) bond motifs is 2. The number of nitrogens with one attached hydrogen (secondary N) is 1. The molecule has 3 N–H and O–H groups in total. The molecule has 0 aromatic heterocycles. The molecule has 3 aliphatic carbocycles. The van der Waals surface area contributed by atoms with Gasteiger partial charge in [0.15, 0.2) is 0 Å². The summed E-state index contributed by atoms with van der Waals surface area (Å²) in [6, 6.07) is 0.414. The monoisotopic (exact) mass is 286 g/mol. The Balaban J connectivity index is 0.00000133. The number of halogens is 1. The summed E-state index contributed by atoms with van der Waals surface area (Å²) in [5.74, 6) is 1.45.